The molecule has 0 bridgehead atoms. The van der Waals surface area contributed by atoms with Gasteiger partial charge in [-0.25, -0.2) is 0 Å². The second-order valence-electron chi connectivity index (χ2n) is 6.42. The van der Waals surface area contributed by atoms with Crippen molar-refractivity contribution >= 4 is 17.6 Å². The van der Waals surface area contributed by atoms with E-state index in [1.54, 1.807) is 12.1 Å². The number of likely N-dealkylation sites (tertiary alicyclic amines) is 1. The van der Waals surface area contributed by atoms with Crippen molar-refractivity contribution in [3.05, 3.63) is 34.9 Å². The lowest BCUT2D eigenvalue weighted by atomic mass is 9.66. The Morgan fingerprint density at radius 2 is 1.95 bits per heavy atom. The van der Waals surface area contributed by atoms with Gasteiger partial charge in [-0.1, -0.05) is 37.6 Å². The van der Waals surface area contributed by atoms with Crippen molar-refractivity contribution in [2.75, 3.05) is 19.6 Å². The van der Waals surface area contributed by atoms with E-state index in [4.69, 9.17) is 16.7 Å². The third-order valence-electron chi connectivity index (χ3n) is 4.49. The van der Waals surface area contributed by atoms with Crippen LogP contribution in [0.15, 0.2) is 24.3 Å². The highest BCUT2D eigenvalue weighted by Gasteiger charge is 2.48. The van der Waals surface area contributed by atoms with Gasteiger partial charge < -0.3 is 15.1 Å². The first-order valence-electron chi connectivity index (χ1n) is 7.17. The number of aliphatic carboxylic acids is 1. The number of benzene rings is 1. The molecule has 0 saturated carbocycles. The van der Waals surface area contributed by atoms with Crippen LogP contribution in [0.2, 0.25) is 5.02 Å². The molecule has 2 rings (SSSR count). The first-order valence-corrected chi connectivity index (χ1v) is 7.55. The monoisotopic (exact) mass is 311 g/mol. The number of nitrogens with zero attached hydrogens (tertiary/aromatic N) is 1. The van der Waals surface area contributed by atoms with Crippen LogP contribution in [0.25, 0.3) is 0 Å². The van der Waals surface area contributed by atoms with Gasteiger partial charge in [-0.2, -0.15) is 0 Å². The molecule has 1 atom stereocenters. The zero-order chi connectivity index (χ0) is 15.7. The number of piperidine rings is 1. The number of carboxylic acid groups (broad SMARTS) is 1. The summed E-state index contributed by atoms with van der Waals surface area (Å²) in [5.41, 5.74) is -0.413. The minimum absolute atomic E-state index is 0.134. The Balaban J connectivity index is 2.15. The Morgan fingerprint density at radius 3 is 2.48 bits per heavy atom. The van der Waals surface area contributed by atoms with Gasteiger partial charge in [0.15, 0.2) is 0 Å². The third-order valence-corrected chi connectivity index (χ3v) is 4.74. The van der Waals surface area contributed by atoms with Crippen molar-refractivity contribution in [3.63, 3.8) is 0 Å². The molecule has 1 aliphatic heterocycles. The quantitative estimate of drug-likeness (QED) is 0.897. The van der Waals surface area contributed by atoms with E-state index in [9.17, 15) is 9.90 Å². The van der Waals surface area contributed by atoms with Crippen LogP contribution < -0.4 is 0 Å². The summed E-state index contributed by atoms with van der Waals surface area (Å²) in [6, 6.07) is 7.33. The molecule has 1 saturated heterocycles. The molecule has 21 heavy (non-hydrogen) atoms. The molecule has 2 N–H and O–H groups in total. The van der Waals surface area contributed by atoms with E-state index in [-0.39, 0.29) is 11.8 Å². The Morgan fingerprint density at radius 1 is 1.33 bits per heavy atom. The number of hydrogen-bond acceptors (Lipinski definition) is 3. The molecular weight excluding hydrogens is 290 g/mol. The Bertz CT molecular complexity index is 515. The summed E-state index contributed by atoms with van der Waals surface area (Å²) in [6.45, 7) is 5.92. The molecule has 0 amide bonds. The molecule has 0 aromatic heterocycles. The van der Waals surface area contributed by atoms with Crippen molar-refractivity contribution in [3.8, 4) is 0 Å². The average Bonchev–Trinajstić information content (AvgIpc) is 2.40. The van der Waals surface area contributed by atoms with Gasteiger partial charge in [0.25, 0.3) is 0 Å². The van der Waals surface area contributed by atoms with E-state index in [0.29, 0.717) is 31.1 Å². The standard InChI is InChI=1S/C16H22ClNO3/c1-15(2)11-18(9-7-14(19)20)10-8-16(15,21)12-3-5-13(17)6-4-12/h3-6,21H,7-11H2,1-2H3,(H,19,20). The molecule has 0 aliphatic carbocycles. The van der Waals surface area contributed by atoms with Gasteiger partial charge in [-0.3, -0.25) is 4.79 Å². The maximum Gasteiger partial charge on any atom is 0.304 e. The SMILES string of the molecule is CC1(C)CN(CCC(=O)O)CCC1(O)c1ccc(Cl)cc1. The van der Waals surface area contributed by atoms with E-state index in [2.05, 4.69) is 4.90 Å². The first-order chi connectivity index (χ1) is 9.74. The second-order valence-corrected chi connectivity index (χ2v) is 6.86. The van der Waals surface area contributed by atoms with Crippen molar-refractivity contribution in [1.82, 2.24) is 4.90 Å². The molecular formula is C16H22ClNO3. The van der Waals surface area contributed by atoms with Crippen LogP contribution >= 0.6 is 11.6 Å². The van der Waals surface area contributed by atoms with Gasteiger partial charge in [-0.05, 0) is 24.1 Å². The van der Waals surface area contributed by atoms with E-state index < -0.39 is 11.6 Å². The average molecular weight is 312 g/mol. The van der Waals surface area contributed by atoms with Crippen molar-refractivity contribution < 1.29 is 15.0 Å². The van der Waals surface area contributed by atoms with Gasteiger partial charge in [0.2, 0.25) is 0 Å². The number of aliphatic hydroxyl groups is 1. The Labute approximate surface area is 130 Å². The largest absolute Gasteiger partial charge is 0.481 e. The van der Waals surface area contributed by atoms with Gasteiger partial charge in [0.1, 0.15) is 0 Å². The summed E-state index contributed by atoms with van der Waals surface area (Å²) in [5.74, 6) is -0.786. The normalized spacial score (nSPS) is 25.7. The van der Waals surface area contributed by atoms with E-state index >= 15 is 0 Å². The van der Waals surface area contributed by atoms with E-state index in [0.717, 1.165) is 5.56 Å². The fraction of sp³-hybridized carbons (Fsp3) is 0.562. The van der Waals surface area contributed by atoms with Crippen molar-refractivity contribution in [2.45, 2.75) is 32.3 Å². The van der Waals surface area contributed by atoms with Crippen LogP contribution in [0.1, 0.15) is 32.3 Å². The lowest BCUT2D eigenvalue weighted by molar-refractivity contribution is -0.140. The summed E-state index contributed by atoms with van der Waals surface area (Å²) in [6.07, 6.45) is 0.719. The molecule has 5 heteroatoms. The molecule has 1 heterocycles. The van der Waals surface area contributed by atoms with E-state index in [1.807, 2.05) is 26.0 Å². The van der Waals surface area contributed by atoms with Crippen LogP contribution in [0.3, 0.4) is 0 Å². The molecule has 1 fully saturated rings. The van der Waals surface area contributed by atoms with Crippen molar-refractivity contribution in [1.29, 1.82) is 0 Å². The summed E-state index contributed by atoms with van der Waals surface area (Å²) >= 11 is 5.92. The number of halogens is 1. The van der Waals surface area contributed by atoms with Crippen LogP contribution in [0.5, 0.6) is 0 Å². The summed E-state index contributed by atoms with van der Waals surface area (Å²) < 4.78 is 0. The van der Waals surface area contributed by atoms with Gasteiger partial charge in [0, 0.05) is 30.1 Å². The van der Waals surface area contributed by atoms with Gasteiger partial charge >= 0.3 is 5.97 Å². The Kier molecular flexibility index (Phi) is 4.61. The molecule has 4 nitrogen and oxygen atoms in total. The first kappa shape index (κ1) is 16.3. The maximum atomic E-state index is 11.2. The number of rotatable bonds is 4. The fourth-order valence-corrected chi connectivity index (χ4v) is 3.26. The molecule has 0 radical (unpaired) electrons. The minimum Gasteiger partial charge on any atom is -0.481 e. The van der Waals surface area contributed by atoms with Crippen LogP contribution in [0, 0.1) is 5.41 Å². The summed E-state index contributed by atoms with van der Waals surface area (Å²) in [5, 5.41) is 20.6. The fourth-order valence-electron chi connectivity index (χ4n) is 3.13. The number of carboxylic acids is 1. The number of carbonyl (C=O) groups is 1. The molecule has 1 aromatic rings. The topological polar surface area (TPSA) is 60.8 Å². The zero-order valence-corrected chi connectivity index (χ0v) is 13.2. The lowest BCUT2D eigenvalue weighted by Crippen LogP contribution is -2.55. The van der Waals surface area contributed by atoms with Crippen LogP contribution in [0.4, 0.5) is 0 Å². The second kappa shape index (κ2) is 5.95. The molecule has 116 valence electrons. The lowest BCUT2D eigenvalue weighted by Gasteiger charge is -2.50. The highest BCUT2D eigenvalue weighted by molar-refractivity contribution is 6.30. The smallest absolute Gasteiger partial charge is 0.304 e. The predicted molar refractivity (Wildman–Crippen MR) is 82.4 cm³/mol. The predicted octanol–water partition coefficient (Wildman–Crippen LogP) is 2.73. The third kappa shape index (κ3) is 3.39. The Hall–Kier alpha value is -1.10. The van der Waals surface area contributed by atoms with Gasteiger partial charge in [0.05, 0.1) is 12.0 Å². The summed E-state index contributed by atoms with van der Waals surface area (Å²) in [7, 11) is 0. The van der Waals surface area contributed by atoms with Crippen LogP contribution in [-0.4, -0.2) is 40.7 Å². The van der Waals surface area contributed by atoms with Gasteiger partial charge in [-0.15, -0.1) is 0 Å². The molecule has 1 unspecified atom stereocenters. The number of hydrogen-bond donors (Lipinski definition) is 2. The highest BCUT2D eigenvalue weighted by atomic mass is 35.5. The maximum absolute atomic E-state index is 11.2. The zero-order valence-electron chi connectivity index (χ0n) is 12.5. The van der Waals surface area contributed by atoms with E-state index in [1.165, 1.54) is 0 Å². The highest BCUT2D eigenvalue weighted by Crippen LogP contribution is 2.46. The van der Waals surface area contributed by atoms with Crippen LogP contribution in [-0.2, 0) is 10.4 Å². The molecule has 0 spiro atoms. The minimum atomic E-state index is -0.919. The molecule has 1 aliphatic rings. The summed E-state index contributed by atoms with van der Waals surface area (Å²) in [4.78, 5) is 12.8. The van der Waals surface area contributed by atoms with Crippen molar-refractivity contribution in [2.24, 2.45) is 5.41 Å². The molecule has 1 aromatic carbocycles.